The van der Waals surface area contributed by atoms with Gasteiger partial charge in [0.15, 0.2) is 0 Å². The highest BCUT2D eigenvalue weighted by molar-refractivity contribution is 7.15. The number of carbonyl (C=O) groups is 1. The van der Waals surface area contributed by atoms with E-state index in [1.54, 1.807) is 6.08 Å². The Labute approximate surface area is 163 Å². The molecular weight excluding hydrogens is 358 g/mol. The minimum atomic E-state index is -0.446. The van der Waals surface area contributed by atoms with E-state index < -0.39 is 5.91 Å². The molecule has 1 N–H and O–H groups in total. The summed E-state index contributed by atoms with van der Waals surface area (Å²) in [4.78, 5) is 12.5. The number of hydrogen-bond acceptors (Lipinski definition) is 5. The van der Waals surface area contributed by atoms with E-state index in [2.05, 4.69) is 40.0 Å². The highest BCUT2D eigenvalue weighted by Crippen LogP contribution is 2.32. The fourth-order valence-corrected chi connectivity index (χ4v) is 4.44. The second-order valence-corrected chi connectivity index (χ2v) is 8.03. The van der Waals surface area contributed by atoms with Crippen LogP contribution in [0.2, 0.25) is 0 Å². The van der Waals surface area contributed by atoms with E-state index >= 15 is 0 Å². The summed E-state index contributed by atoms with van der Waals surface area (Å²) in [6, 6.07) is 4.61. The number of hydrogen-bond donors (Lipinski definition) is 1. The van der Waals surface area contributed by atoms with Crippen LogP contribution in [0.25, 0.3) is 6.08 Å². The van der Waals surface area contributed by atoms with Crippen LogP contribution in [-0.2, 0) is 11.2 Å². The third-order valence-electron chi connectivity index (χ3n) is 5.12. The Bertz CT molecular complexity index is 896. The van der Waals surface area contributed by atoms with Gasteiger partial charge in [-0.3, -0.25) is 10.1 Å². The van der Waals surface area contributed by atoms with Crippen LogP contribution in [0.3, 0.4) is 0 Å². The third kappa shape index (κ3) is 4.28. The summed E-state index contributed by atoms with van der Waals surface area (Å²) < 4.78 is 2.37. The zero-order chi connectivity index (χ0) is 19.4. The highest BCUT2D eigenvalue weighted by atomic mass is 32.1. The third-order valence-corrected chi connectivity index (χ3v) is 6.10. The summed E-state index contributed by atoms with van der Waals surface area (Å²) >= 11 is 1.33. The van der Waals surface area contributed by atoms with Crippen molar-refractivity contribution in [2.24, 2.45) is 0 Å². The number of aryl methyl sites for hydroxylation is 2. The summed E-state index contributed by atoms with van der Waals surface area (Å²) in [5, 5.41) is 21.4. The molecule has 6 nitrogen and oxygen atoms in total. The van der Waals surface area contributed by atoms with Crippen LogP contribution in [0, 0.1) is 25.2 Å². The first-order valence-corrected chi connectivity index (χ1v) is 10.3. The van der Waals surface area contributed by atoms with Crippen molar-refractivity contribution in [3.05, 3.63) is 33.6 Å². The molecule has 0 spiro atoms. The lowest BCUT2D eigenvalue weighted by molar-refractivity contribution is -0.112. The molecule has 142 valence electrons. The highest BCUT2D eigenvalue weighted by Gasteiger charge is 2.20. The lowest BCUT2D eigenvalue weighted by Gasteiger charge is -2.26. The number of amides is 1. The second-order valence-electron chi connectivity index (χ2n) is 6.97. The molecule has 1 aliphatic carbocycles. The molecule has 2 heterocycles. The molecule has 0 unspecified atom stereocenters. The van der Waals surface area contributed by atoms with Crippen LogP contribution in [-0.4, -0.2) is 20.7 Å². The fourth-order valence-electron chi connectivity index (χ4n) is 3.77. The van der Waals surface area contributed by atoms with E-state index in [1.165, 1.54) is 49.1 Å². The maximum absolute atomic E-state index is 12.5. The van der Waals surface area contributed by atoms with Crippen LogP contribution in [0.15, 0.2) is 11.6 Å². The van der Waals surface area contributed by atoms with Gasteiger partial charge in [-0.25, -0.2) is 0 Å². The van der Waals surface area contributed by atoms with E-state index in [1.807, 2.05) is 13.0 Å². The molecular formula is C20H25N5OS. The maximum atomic E-state index is 12.5. The van der Waals surface area contributed by atoms with E-state index in [4.69, 9.17) is 0 Å². The number of rotatable bonds is 5. The Hall–Kier alpha value is -2.46. The van der Waals surface area contributed by atoms with Crippen molar-refractivity contribution in [3.8, 4) is 6.07 Å². The van der Waals surface area contributed by atoms with Gasteiger partial charge in [0.1, 0.15) is 16.6 Å². The lowest BCUT2D eigenvalue weighted by atomic mass is 9.95. The quantitative estimate of drug-likeness (QED) is 0.605. The minimum Gasteiger partial charge on any atom is -0.346 e. The molecule has 1 amide bonds. The summed E-state index contributed by atoms with van der Waals surface area (Å²) in [7, 11) is 0. The van der Waals surface area contributed by atoms with Gasteiger partial charge in [-0.1, -0.05) is 37.5 Å². The molecule has 0 aliphatic heterocycles. The maximum Gasteiger partial charge on any atom is 0.268 e. The topological polar surface area (TPSA) is 83.6 Å². The van der Waals surface area contributed by atoms with E-state index in [-0.39, 0.29) is 5.57 Å². The van der Waals surface area contributed by atoms with E-state index in [9.17, 15) is 10.1 Å². The molecule has 1 saturated carbocycles. The van der Waals surface area contributed by atoms with Crippen LogP contribution >= 0.6 is 11.3 Å². The molecule has 0 radical (unpaired) electrons. The van der Waals surface area contributed by atoms with E-state index in [0.717, 1.165) is 22.7 Å². The van der Waals surface area contributed by atoms with Crippen molar-refractivity contribution in [1.82, 2.24) is 14.8 Å². The Morgan fingerprint density at radius 3 is 2.74 bits per heavy atom. The number of nitriles is 1. The van der Waals surface area contributed by atoms with Crippen molar-refractivity contribution in [2.45, 2.75) is 65.3 Å². The fraction of sp³-hybridized carbons (Fsp3) is 0.500. The first-order chi connectivity index (χ1) is 13.0. The summed E-state index contributed by atoms with van der Waals surface area (Å²) in [5.41, 5.74) is 3.30. The van der Waals surface area contributed by atoms with Crippen molar-refractivity contribution in [1.29, 1.82) is 5.26 Å². The Kier molecular flexibility index (Phi) is 6.07. The molecule has 27 heavy (non-hydrogen) atoms. The van der Waals surface area contributed by atoms with Gasteiger partial charge in [-0.2, -0.15) is 5.26 Å². The monoisotopic (exact) mass is 383 g/mol. The summed E-state index contributed by atoms with van der Waals surface area (Å²) in [5.74, 6) is -0.446. The second kappa shape index (κ2) is 8.49. The molecule has 0 atom stereocenters. The predicted molar refractivity (Wildman–Crippen MR) is 108 cm³/mol. The zero-order valence-electron chi connectivity index (χ0n) is 16.1. The normalized spacial score (nSPS) is 15.6. The molecule has 1 aliphatic rings. The van der Waals surface area contributed by atoms with Gasteiger partial charge in [0.2, 0.25) is 5.13 Å². The first kappa shape index (κ1) is 19.3. The minimum absolute atomic E-state index is 0.0761. The van der Waals surface area contributed by atoms with Gasteiger partial charge in [0.05, 0.1) is 0 Å². The van der Waals surface area contributed by atoms with Gasteiger partial charge < -0.3 is 4.57 Å². The predicted octanol–water partition coefficient (Wildman–Crippen LogP) is 4.57. The molecule has 0 saturated heterocycles. The summed E-state index contributed by atoms with van der Waals surface area (Å²) in [6.45, 7) is 6.14. The Morgan fingerprint density at radius 2 is 2.11 bits per heavy atom. The zero-order valence-corrected chi connectivity index (χ0v) is 16.9. The molecule has 0 bridgehead atoms. The van der Waals surface area contributed by atoms with Gasteiger partial charge in [0, 0.05) is 17.4 Å². The Balaban J connectivity index is 1.82. The van der Waals surface area contributed by atoms with Gasteiger partial charge >= 0.3 is 0 Å². The number of anilines is 1. The SMILES string of the molecule is CCc1nnc(NC(=O)/C(C#N)=C/c2cc(C)n(C3CCCCC3)c2C)s1. The smallest absolute Gasteiger partial charge is 0.268 e. The molecule has 7 heteroatoms. The first-order valence-electron chi connectivity index (χ1n) is 9.47. The van der Waals surface area contributed by atoms with Crippen molar-refractivity contribution in [3.63, 3.8) is 0 Å². The van der Waals surface area contributed by atoms with Crippen LogP contribution < -0.4 is 5.32 Å². The summed E-state index contributed by atoms with van der Waals surface area (Å²) in [6.07, 6.45) is 8.68. The standard InChI is InChI=1S/C20H25N5OS/c1-4-18-23-24-20(27-18)22-19(26)16(12-21)11-15-10-13(2)25(14(15)3)17-8-6-5-7-9-17/h10-11,17H,4-9H2,1-3H3,(H,22,24,26)/b16-11+. The number of nitrogens with zero attached hydrogens (tertiary/aromatic N) is 4. The van der Waals surface area contributed by atoms with Crippen LogP contribution in [0.5, 0.6) is 0 Å². The van der Waals surface area contributed by atoms with Crippen LogP contribution in [0.4, 0.5) is 5.13 Å². The van der Waals surface area contributed by atoms with Crippen molar-refractivity contribution < 1.29 is 4.79 Å². The van der Waals surface area contributed by atoms with Gasteiger partial charge in [0.25, 0.3) is 5.91 Å². The van der Waals surface area contributed by atoms with Crippen molar-refractivity contribution in [2.75, 3.05) is 5.32 Å². The number of carbonyl (C=O) groups excluding carboxylic acids is 1. The Morgan fingerprint density at radius 1 is 1.37 bits per heavy atom. The number of aromatic nitrogens is 3. The average Bonchev–Trinajstić information content (AvgIpc) is 3.24. The number of nitrogens with one attached hydrogen (secondary N) is 1. The molecule has 0 aromatic carbocycles. The average molecular weight is 384 g/mol. The molecule has 1 fully saturated rings. The van der Waals surface area contributed by atoms with E-state index in [0.29, 0.717) is 11.2 Å². The molecule has 2 aromatic rings. The van der Waals surface area contributed by atoms with Gasteiger partial charge in [-0.15, -0.1) is 10.2 Å². The van der Waals surface area contributed by atoms with Crippen molar-refractivity contribution >= 4 is 28.5 Å². The largest absolute Gasteiger partial charge is 0.346 e. The lowest BCUT2D eigenvalue weighted by Crippen LogP contribution is -2.15. The molecule has 2 aromatic heterocycles. The van der Waals surface area contributed by atoms with Crippen LogP contribution in [0.1, 0.15) is 67.0 Å². The van der Waals surface area contributed by atoms with Gasteiger partial charge in [-0.05, 0) is 50.8 Å². The molecule has 3 rings (SSSR count).